The fraction of sp³-hybridized carbons (Fsp3) is 0.467. The molecule has 0 radical (unpaired) electrons. The third-order valence-corrected chi connectivity index (χ3v) is 3.65. The molecule has 108 valence electrons. The van der Waals surface area contributed by atoms with E-state index in [0.717, 1.165) is 19.4 Å². The monoisotopic (exact) mass is 276 g/mol. The Morgan fingerprint density at radius 2 is 2.10 bits per heavy atom. The molecule has 1 aliphatic rings. The third kappa shape index (κ3) is 3.81. The van der Waals surface area contributed by atoms with E-state index in [1.165, 1.54) is 0 Å². The minimum Gasteiger partial charge on any atom is -0.481 e. The molecule has 1 amide bonds. The van der Waals surface area contributed by atoms with Gasteiger partial charge in [-0.2, -0.15) is 0 Å². The Labute approximate surface area is 118 Å². The van der Waals surface area contributed by atoms with E-state index in [9.17, 15) is 14.7 Å². The van der Waals surface area contributed by atoms with E-state index < -0.39 is 11.9 Å². The van der Waals surface area contributed by atoms with Crippen molar-refractivity contribution in [2.24, 2.45) is 5.92 Å². The van der Waals surface area contributed by atoms with E-state index in [0.29, 0.717) is 12.1 Å². The van der Waals surface area contributed by atoms with Crippen LogP contribution in [0.2, 0.25) is 0 Å². The van der Waals surface area contributed by atoms with Gasteiger partial charge in [-0.05, 0) is 24.9 Å². The minimum absolute atomic E-state index is 0.0473. The summed E-state index contributed by atoms with van der Waals surface area (Å²) in [7, 11) is 0. The standard InChI is InChI=1S/C15H20N2O3/c18-14(12-7-4-8-16-9-12)17-10-13(15(19)20)11-5-2-1-3-6-11/h1-3,5-6,12-13,16H,4,7-10H2,(H,17,18)(H,19,20)/t12-,13?/m0/s1. The lowest BCUT2D eigenvalue weighted by atomic mass is 9.97. The van der Waals surface area contributed by atoms with Crippen LogP contribution in [-0.2, 0) is 9.59 Å². The van der Waals surface area contributed by atoms with Gasteiger partial charge in [-0.3, -0.25) is 9.59 Å². The molecule has 0 spiro atoms. The van der Waals surface area contributed by atoms with Gasteiger partial charge in [0, 0.05) is 13.1 Å². The van der Waals surface area contributed by atoms with Crippen LogP contribution in [0.3, 0.4) is 0 Å². The highest BCUT2D eigenvalue weighted by atomic mass is 16.4. The number of benzene rings is 1. The van der Waals surface area contributed by atoms with Gasteiger partial charge in [0.1, 0.15) is 0 Å². The highest BCUT2D eigenvalue weighted by Gasteiger charge is 2.24. The van der Waals surface area contributed by atoms with Gasteiger partial charge in [0.05, 0.1) is 11.8 Å². The number of carboxylic acids is 1. The number of hydrogen-bond acceptors (Lipinski definition) is 3. The van der Waals surface area contributed by atoms with Crippen LogP contribution in [0.15, 0.2) is 30.3 Å². The average molecular weight is 276 g/mol. The molecule has 1 unspecified atom stereocenters. The first-order chi connectivity index (χ1) is 9.68. The molecule has 5 heteroatoms. The van der Waals surface area contributed by atoms with Crippen molar-refractivity contribution in [1.82, 2.24) is 10.6 Å². The summed E-state index contributed by atoms with van der Waals surface area (Å²) in [6.07, 6.45) is 1.85. The molecular weight excluding hydrogens is 256 g/mol. The summed E-state index contributed by atoms with van der Waals surface area (Å²) in [6, 6.07) is 8.99. The number of carboxylic acid groups (broad SMARTS) is 1. The van der Waals surface area contributed by atoms with Gasteiger partial charge in [-0.1, -0.05) is 30.3 Å². The number of nitrogens with one attached hydrogen (secondary N) is 2. The van der Waals surface area contributed by atoms with E-state index in [4.69, 9.17) is 0 Å². The van der Waals surface area contributed by atoms with Gasteiger partial charge in [0.2, 0.25) is 5.91 Å². The summed E-state index contributed by atoms with van der Waals surface area (Å²) in [5.41, 5.74) is 0.710. The predicted molar refractivity (Wildman–Crippen MR) is 75.4 cm³/mol. The van der Waals surface area contributed by atoms with Gasteiger partial charge in [0.25, 0.3) is 0 Å². The van der Waals surface area contributed by atoms with Gasteiger partial charge in [-0.25, -0.2) is 0 Å². The van der Waals surface area contributed by atoms with Crippen molar-refractivity contribution < 1.29 is 14.7 Å². The van der Waals surface area contributed by atoms with Crippen molar-refractivity contribution in [1.29, 1.82) is 0 Å². The van der Waals surface area contributed by atoms with Crippen LogP contribution in [0, 0.1) is 5.92 Å². The lowest BCUT2D eigenvalue weighted by Crippen LogP contribution is -2.42. The average Bonchev–Trinajstić information content (AvgIpc) is 2.49. The molecular formula is C15H20N2O3. The number of rotatable bonds is 5. The molecule has 1 heterocycles. The Balaban J connectivity index is 1.92. The molecule has 1 fully saturated rings. The van der Waals surface area contributed by atoms with E-state index in [1.807, 2.05) is 6.07 Å². The molecule has 0 aliphatic carbocycles. The SMILES string of the molecule is O=C(O)C(CNC(=O)[C@H]1CCCNC1)c1ccccc1. The number of hydrogen-bond donors (Lipinski definition) is 3. The zero-order valence-corrected chi connectivity index (χ0v) is 11.3. The Kier molecular flexibility index (Phi) is 5.12. The molecule has 0 bridgehead atoms. The van der Waals surface area contributed by atoms with Crippen molar-refractivity contribution in [3.63, 3.8) is 0 Å². The lowest BCUT2D eigenvalue weighted by Gasteiger charge is -2.23. The van der Waals surface area contributed by atoms with Crippen LogP contribution in [-0.4, -0.2) is 36.6 Å². The third-order valence-electron chi connectivity index (χ3n) is 3.65. The normalized spacial score (nSPS) is 20.1. The van der Waals surface area contributed by atoms with Crippen LogP contribution in [0.5, 0.6) is 0 Å². The molecule has 5 nitrogen and oxygen atoms in total. The molecule has 0 saturated carbocycles. The zero-order valence-electron chi connectivity index (χ0n) is 11.3. The minimum atomic E-state index is -0.918. The van der Waals surface area contributed by atoms with Crippen LogP contribution < -0.4 is 10.6 Å². The Morgan fingerprint density at radius 3 is 2.70 bits per heavy atom. The van der Waals surface area contributed by atoms with E-state index >= 15 is 0 Å². The van der Waals surface area contributed by atoms with E-state index in [2.05, 4.69) is 10.6 Å². The van der Waals surface area contributed by atoms with Crippen molar-refractivity contribution in [2.45, 2.75) is 18.8 Å². The van der Waals surface area contributed by atoms with Crippen LogP contribution in [0.4, 0.5) is 0 Å². The summed E-state index contributed by atoms with van der Waals surface area (Å²) < 4.78 is 0. The topological polar surface area (TPSA) is 78.4 Å². The number of carbonyl (C=O) groups is 2. The maximum absolute atomic E-state index is 12.0. The van der Waals surface area contributed by atoms with Crippen molar-refractivity contribution in [2.75, 3.05) is 19.6 Å². The molecule has 1 aromatic rings. The molecule has 20 heavy (non-hydrogen) atoms. The molecule has 3 N–H and O–H groups in total. The first kappa shape index (κ1) is 14.5. The second-order valence-electron chi connectivity index (χ2n) is 5.09. The fourth-order valence-electron chi connectivity index (χ4n) is 2.46. The molecule has 1 saturated heterocycles. The van der Waals surface area contributed by atoms with Gasteiger partial charge >= 0.3 is 5.97 Å². The first-order valence-electron chi connectivity index (χ1n) is 6.94. The number of carbonyl (C=O) groups excluding carboxylic acids is 1. The summed E-state index contributed by atoms with van der Waals surface area (Å²) in [5.74, 6) is -1.72. The first-order valence-corrected chi connectivity index (χ1v) is 6.94. The number of amides is 1. The van der Waals surface area contributed by atoms with Crippen LogP contribution in [0.25, 0.3) is 0 Å². The lowest BCUT2D eigenvalue weighted by molar-refractivity contribution is -0.138. The molecule has 0 aromatic heterocycles. The summed E-state index contributed by atoms with van der Waals surface area (Å²) >= 11 is 0. The second-order valence-corrected chi connectivity index (χ2v) is 5.09. The van der Waals surface area contributed by atoms with Crippen LogP contribution >= 0.6 is 0 Å². The van der Waals surface area contributed by atoms with Gasteiger partial charge in [0.15, 0.2) is 0 Å². The van der Waals surface area contributed by atoms with E-state index in [1.54, 1.807) is 24.3 Å². The largest absolute Gasteiger partial charge is 0.481 e. The highest BCUT2D eigenvalue weighted by Crippen LogP contribution is 2.16. The number of piperidine rings is 1. The maximum atomic E-state index is 12.0. The van der Waals surface area contributed by atoms with Crippen molar-refractivity contribution in [3.05, 3.63) is 35.9 Å². The van der Waals surface area contributed by atoms with Crippen LogP contribution in [0.1, 0.15) is 24.3 Å². The smallest absolute Gasteiger partial charge is 0.312 e. The quantitative estimate of drug-likeness (QED) is 0.749. The van der Waals surface area contributed by atoms with E-state index in [-0.39, 0.29) is 18.4 Å². The zero-order chi connectivity index (χ0) is 14.4. The Bertz CT molecular complexity index is 455. The van der Waals surface area contributed by atoms with Gasteiger partial charge in [-0.15, -0.1) is 0 Å². The van der Waals surface area contributed by atoms with Crippen molar-refractivity contribution in [3.8, 4) is 0 Å². The molecule has 2 atom stereocenters. The van der Waals surface area contributed by atoms with Gasteiger partial charge < -0.3 is 15.7 Å². The highest BCUT2D eigenvalue weighted by molar-refractivity contribution is 5.81. The number of aliphatic carboxylic acids is 1. The maximum Gasteiger partial charge on any atom is 0.312 e. The second kappa shape index (κ2) is 7.05. The Hall–Kier alpha value is -1.88. The Morgan fingerprint density at radius 1 is 1.35 bits per heavy atom. The van der Waals surface area contributed by atoms with Crippen molar-refractivity contribution >= 4 is 11.9 Å². The predicted octanol–water partition coefficient (Wildman–Crippen LogP) is 0.971. The fourth-order valence-corrected chi connectivity index (χ4v) is 2.46. The summed E-state index contributed by atoms with van der Waals surface area (Å²) in [4.78, 5) is 23.3. The molecule has 1 aromatic carbocycles. The molecule has 1 aliphatic heterocycles. The molecule has 2 rings (SSSR count). The summed E-state index contributed by atoms with van der Waals surface area (Å²) in [6.45, 7) is 1.76. The summed E-state index contributed by atoms with van der Waals surface area (Å²) in [5, 5.41) is 15.2.